The summed E-state index contributed by atoms with van der Waals surface area (Å²) in [6.45, 7) is 10.1. The van der Waals surface area contributed by atoms with E-state index in [0.29, 0.717) is 30.9 Å². The minimum Gasteiger partial charge on any atom is -0.496 e. The van der Waals surface area contributed by atoms with Crippen molar-refractivity contribution in [1.82, 2.24) is 4.57 Å². The molecule has 3 aromatic rings. The Balaban J connectivity index is 2.42. The van der Waals surface area contributed by atoms with E-state index in [1.165, 1.54) is 5.56 Å². The third-order valence-electron chi connectivity index (χ3n) is 5.73. The van der Waals surface area contributed by atoms with Gasteiger partial charge >= 0.3 is 0 Å². The summed E-state index contributed by atoms with van der Waals surface area (Å²) in [4.78, 5) is 11.3. The second kappa shape index (κ2) is 10.2. The van der Waals surface area contributed by atoms with Gasteiger partial charge in [0.25, 0.3) is 0 Å². The molecule has 0 saturated heterocycles. The molecular formula is C26H30N2O4. The molecule has 0 aliphatic carbocycles. The number of fused-ring (bicyclic) bond motifs is 1. The van der Waals surface area contributed by atoms with E-state index in [4.69, 9.17) is 9.47 Å². The van der Waals surface area contributed by atoms with Crippen LogP contribution in [0.5, 0.6) is 11.5 Å². The average Bonchev–Trinajstić information content (AvgIpc) is 3.15. The smallest absolute Gasteiger partial charge is 0.210 e. The van der Waals surface area contributed by atoms with Crippen molar-refractivity contribution in [3.8, 4) is 22.6 Å². The quantitative estimate of drug-likeness (QED) is 0.206. The van der Waals surface area contributed by atoms with Crippen molar-refractivity contribution in [1.29, 1.82) is 0 Å². The molecule has 1 atom stereocenters. The third-order valence-corrected chi connectivity index (χ3v) is 5.73. The van der Waals surface area contributed by atoms with Crippen LogP contribution in [0.25, 0.3) is 22.0 Å². The Hall–Kier alpha value is -3.54. The molecule has 168 valence electrons. The molecule has 0 N–H and O–H groups in total. The monoisotopic (exact) mass is 434 g/mol. The zero-order valence-corrected chi connectivity index (χ0v) is 19.0. The highest BCUT2D eigenvalue weighted by atomic mass is 16.6. The average molecular weight is 435 g/mol. The molecule has 0 aliphatic heterocycles. The van der Waals surface area contributed by atoms with Crippen LogP contribution < -0.4 is 9.47 Å². The number of nitrogens with zero attached hydrogens (tertiary/aromatic N) is 2. The zero-order chi connectivity index (χ0) is 23.3. The number of aryl methyl sites for hydroxylation is 1. The van der Waals surface area contributed by atoms with Crippen LogP contribution in [0, 0.1) is 17.0 Å². The van der Waals surface area contributed by atoms with Crippen LogP contribution in [0.1, 0.15) is 29.9 Å². The molecular weight excluding hydrogens is 404 g/mol. The molecule has 3 rings (SSSR count). The first-order valence-electron chi connectivity index (χ1n) is 10.6. The Labute approximate surface area is 188 Å². The molecule has 1 aromatic heterocycles. The Morgan fingerprint density at radius 2 is 1.81 bits per heavy atom. The summed E-state index contributed by atoms with van der Waals surface area (Å²) in [5.74, 6) is 0.919. The van der Waals surface area contributed by atoms with Crippen LogP contribution in [-0.2, 0) is 6.54 Å². The molecule has 6 heteroatoms. The minimum absolute atomic E-state index is 0.190. The maximum Gasteiger partial charge on any atom is 0.210 e. The second-order valence-corrected chi connectivity index (χ2v) is 7.85. The Morgan fingerprint density at radius 3 is 2.38 bits per heavy atom. The lowest BCUT2D eigenvalue weighted by Gasteiger charge is -2.20. The van der Waals surface area contributed by atoms with Gasteiger partial charge in [0, 0.05) is 34.9 Å². The molecule has 1 heterocycles. The maximum atomic E-state index is 11.6. The number of rotatable bonds is 11. The second-order valence-electron chi connectivity index (χ2n) is 7.85. The fraction of sp³-hybridized carbons (Fsp3) is 0.308. The normalized spacial score (nSPS) is 11.8. The highest BCUT2D eigenvalue weighted by molar-refractivity contribution is 6.03. The molecule has 0 spiro atoms. The summed E-state index contributed by atoms with van der Waals surface area (Å²) >= 11 is 0. The number of hydrogen-bond donors (Lipinski definition) is 0. The van der Waals surface area contributed by atoms with Crippen LogP contribution in [0.3, 0.4) is 0 Å². The number of methoxy groups -OCH3 is 2. The van der Waals surface area contributed by atoms with Gasteiger partial charge in [0.15, 0.2) is 0 Å². The number of aromatic nitrogens is 1. The van der Waals surface area contributed by atoms with E-state index in [9.17, 15) is 10.1 Å². The molecule has 0 fully saturated rings. The van der Waals surface area contributed by atoms with Crippen molar-refractivity contribution in [3.63, 3.8) is 0 Å². The van der Waals surface area contributed by atoms with E-state index in [1.54, 1.807) is 20.3 Å². The lowest BCUT2D eigenvalue weighted by atomic mass is 9.90. The van der Waals surface area contributed by atoms with Gasteiger partial charge in [0.1, 0.15) is 11.5 Å². The lowest BCUT2D eigenvalue weighted by Crippen LogP contribution is -2.15. The van der Waals surface area contributed by atoms with Gasteiger partial charge < -0.3 is 14.0 Å². The van der Waals surface area contributed by atoms with Crippen molar-refractivity contribution in [2.45, 2.75) is 32.2 Å². The summed E-state index contributed by atoms with van der Waals surface area (Å²) < 4.78 is 13.6. The van der Waals surface area contributed by atoms with Crippen molar-refractivity contribution in [2.75, 3.05) is 20.8 Å². The van der Waals surface area contributed by atoms with Crippen molar-refractivity contribution >= 4 is 10.9 Å². The summed E-state index contributed by atoms with van der Waals surface area (Å²) in [5, 5.41) is 12.5. The number of hydrogen-bond acceptors (Lipinski definition) is 4. The highest BCUT2D eigenvalue weighted by Crippen LogP contribution is 2.46. The molecule has 0 aliphatic rings. The number of benzene rings is 2. The summed E-state index contributed by atoms with van der Waals surface area (Å²) in [6.07, 6.45) is 6.95. The Bertz CT molecular complexity index is 1130. The fourth-order valence-electron chi connectivity index (χ4n) is 4.27. The first-order valence-corrected chi connectivity index (χ1v) is 10.6. The minimum atomic E-state index is -0.337. The molecule has 0 bridgehead atoms. The first-order chi connectivity index (χ1) is 15.4. The van der Waals surface area contributed by atoms with Gasteiger partial charge in [-0.05, 0) is 25.3 Å². The first kappa shape index (κ1) is 23.1. The predicted molar refractivity (Wildman–Crippen MR) is 129 cm³/mol. The molecule has 0 radical (unpaired) electrons. The predicted octanol–water partition coefficient (Wildman–Crippen LogP) is 6.15. The van der Waals surface area contributed by atoms with Gasteiger partial charge in [0.2, 0.25) is 6.54 Å². The molecule has 0 saturated carbocycles. The largest absolute Gasteiger partial charge is 0.496 e. The van der Waals surface area contributed by atoms with Gasteiger partial charge in [-0.2, -0.15) is 0 Å². The van der Waals surface area contributed by atoms with Crippen LogP contribution >= 0.6 is 0 Å². The topological polar surface area (TPSA) is 66.5 Å². The van der Waals surface area contributed by atoms with Gasteiger partial charge in [-0.3, -0.25) is 10.1 Å². The molecule has 6 nitrogen and oxygen atoms in total. The van der Waals surface area contributed by atoms with Crippen LogP contribution in [-0.4, -0.2) is 30.3 Å². The molecule has 2 aromatic carbocycles. The zero-order valence-electron chi connectivity index (χ0n) is 19.0. The van der Waals surface area contributed by atoms with E-state index in [2.05, 4.69) is 55.1 Å². The van der Waals surface area contributed by atoms with Crippen LogP contribution in [0.4, 0.5) is 0 Å². The van der Waals surface area contributed by atoms with Crippen molar-refractivity contribution in [2.24, 2.45) is 0 Å². The Kier molecular flexibility index (Phi) is 7.36. The van der Waals surface area contributed by atoms with Gasteiger partial charge in [-0.25, -0.2) is 0 Å². The Morgan fingerprint density at radius 1 is 1.12 bits per heavy atom. The summed E-state index contributed by atoms with van der Waals surface area (Å²) in [6, 6.07) is 10.1. The number of ether oxygens (including phenoxy) is 2. The third kappa shape index (κ3) is 4.54. The van der Waals surface area contributed by atoms with Crippen molar-refractivity contribution in [3.05, 3.63) is 83.1 Å². The molecule has 1 unspecified atom stereocenters. The van der Waals surface area contributed by atoms with E-state index < -0.39 is 0 Å². The van der Waals surface area contributed by atoms with Gasteiger partial charge in [0.05, 0.1) is 31.0 Å². The van der Waals surface area contributed by atoms with Gasteiger partial charge in [-0.15, -0.1) is 13.2 Å². The highest BCUT2D eigenvalue weighted by Gasteiger charge is 2.29. The van der Waals surface area contributed by atoms with E-state index in [1.807, 2.05) is 12.1 Å². The van der Waals surface area contributed by atoms with E-state index in [0.717, 1.165) is 27.6 Å². The van der Waals surface area contributed by atoms with E-state index in [-0.39, 0.29) is 17.4 Å². The summed E-state index contributed by atoms with van der Waals surface area (Å²) in [5.41, 5.74) is 4.93. The lowest BCUT2D eigenvalue weighted by molar-refractivity contribution is -0.483. The van der Waals surface area contributed by atoms with Gasteiger partial charge in [-0.1, -0.05) is 42.0 Å². The van der Waals surface area contributed by atoms with Crippen molar-refractivity contribution < 1.29 is 14.4 Å². The van der Waals surface area contributed by atoms with Crippen LogP contribution in [0.15, 0.2) is 61.8 Å². The maximum absolute atomic E-state index is 11.6. The fourth-order valence-corrected chi connectivity index (χ4v) is 4.27. The molecule has 32 heavy (non-hydrogen) atoms. The number of allylic oxidation sites excluding steroid dienone is 2. The standard InChI is InChI=1S/C26H30N2O4/c1-6-8-9-20(16-28(29)30)24-22(31-4)15-23(32-5)25-21(17-27(14-7-2)26(24)25)19-12-10-18(3)11-13-19/h6-7,10-13,15,17,20H,1-2,8-9,14,16H2,3-5H3. The van der Waals surface area contributed by atoms with E-state index >= 15 is 0 Å². The summed E-state index contributed by atoms with van der Waals surface area (Å²) in [7, 11) is 3.21. The molecule has 0 amide bonds. The van der Waals surface area contributed by atoms with Crippen LogP contribution in [0.2, 0.25) is 0 Å². The number of nitro groups is 1. The SMILES string of the molecule is C=CCCC(C[N+](=O)[O-])c1c(OC)cc(OC)c2c(-c3ccc(C)cc3)cn(CC=C)c12.